The van der Waals surface area contributed by atoms with E-state index >= 15 is 0 Å². The molecule has 2 amide bonds. The van der Waals surface area contributed by atoms with E-state index in [1.807, 2.05) is 20.1 Å². The molecule has 0 bridgehead atoms. The lowest BCUT2D eigenvalue weighted by molar-refractivity contribution is -0.130. The number of aromatic nitrogens is 2. The second-order valence-corrected chi connectivity index (χ2v) is 6.19. The van der Waals surface area contributed by atoms with Gasteiger partial charge < -0.3 is 10.6 Å². The second-order valence-electron chi connectivity index (χ2n) is 5.41. The van der Waals surface area contributed by atoms with Crippen molar-refractivity contribution in [2.24, 2.45) is 0 Å². The largest absolute Gasteiger partial charge is 0.354 e. The number of carbonyl (C=O) groups excluding carboxylic acids is 2. The van der Waals surface area contributed by atoms with Crippen molar-refractivity contribution < 1.29 is 9.59 Å². The Morgan fingerprint density at radius 3 is 2.64 bits per heavy atom. The van der Waals surface area contributed by atoms with Crippen LogP contribution in [0.1, 0.15) is 36.2 Å². The normalized spacial score (nSPS) is 18.0. The summed E-state index contributed by atoms with van der Waals surface area (Å²) in [6.45, 7) is 4.58. The summed E-state index contributed by atoms with van der Waals surface area (Å²) < 4.78 is 0. The minimum absolute atomic E-state index is 0.0837. The van der Waals surface area contributed by atoms with Gasteiger partial charge in [0, 0.05) is 24.4 Å². The SMILES string of the molecule is CSc1nc(C)c(CCC(=O)NC2CCCNC2=O)c(C)n1. The molecule has 0 saturated carbocycles. The van der Waals surface area contributed by atoms with Gasteiger partial charge in [0.05, 0.1) is 0 Å². The molecule has 1 fully saturated rings. The molecule has 1 unspecified atom stereocenters. The van der Waals surface area contributed by atoms with Gasteiger partial charge in [-0.25, -0.2) is 9.97 Å². The summed E-state index contributed by atoms with van der Waals surface area (Å²) in [4.78, 5) is 32.5. The highest BCUT2D eigenvalue weighted by Gasteiger charge is 2.23. The zero-order chi connectivity index (χ0) is 16.1. The summed E-state index contributed by atoms with van der Waals surface area (Å²) in [7, 11) is 0. The van der Waals surface area contributed by atoms with Gasteiger partial charge in [0.2, 0.25) is 11.8 Å². The van der Waals surface area contributed by atoms with Crippen molar-refractivity contribution in [1.29, 1.82) is 0 Å². The molecule has 0 spiro atoms. The predicted molar refractivity (Wildman–Crippen MR) is 85.8 cm³/mol. The van der Waals surface area contributed by atoms with E-state index in [1.54, 1.807) is 0 Å². The Bertz CT molecular complexity index is 554. The number of amides is 2. The van der Waals surface area contributed by atoms with Crippen molar-refractivity contribution in [3.8, 4) is 0 Å². The smallest absolute Gasteiger partial charge is 0.242 e. The second kappa shape index (κ2) is 7.58. The Labute approximate surface area is 134 Å². The van der Waals surface area contributed by atoms with Crippen LogP contribution in [0.15, 0.2) is 5.16 Å². The number of hydrogen-bond acceptors (Lipinski definition) is 5. The lowest BCUT2D eigenvalue weighted by atomic mass is 10.0. The Hall–Kier alpha value is -1.63. The summed E-state index contributed by atoms with van der Waals surface area (Å²) in [5.74, 6) is -0.186. The van der Waals surface area contributed by atoms with Crippen molar-refractivity contribution in [3.05, 3.63) is 17.0 Å². The fourth-order valence-corrected chi connectivity index (χ4v) is 3.03. The molecule has 22 heavy (non-hydrogen) atoms. The third-order valence-corrected chi connectivity index (χ3v) is 4.35. The first-order valence-electron chi connectivity index (χ1n) is 7.46. The quantitative estimate of drug-likeness (QED) is 0.627. The number of nitrogens with one attached hydrogen (secondary N) is 2. The number of carbonyl (C=O) groups is 2. The van der Waals surface area contributed by atoms with E-state index in [4.69, 9.17) is 0 Å². The predicted octanol–water partition coefficient (Wildman–Crippen LogP) is 1.14. The molecule has 0 aromatic carbocycles. The molecule has 120 valence electrons. The van der Waals surface area contributed by atoms with Gasteiger partial charge in [-0.2, -0.15) is 0 Å². The molecule has 2 rings (SSSR count). The van der Waals surface area contributed by atoms with Crippen LogP contribution in [0.25, 0.3) is 0 Å². The Kier molecular flexibility index (Phi) is 5.76. The van der Waals surface area contributed by atoms with Crippen LogP contribution < -0.4 is 10.6 Å². The average Bonchev–Trinajstić information content (AvgIpc) is 2.48. The van der Waals surface area contributed by atoms with E-state index in [-0.39, 0.29) is 11.8 Å². The van der Waals surface area contributed by atoms with Gasteiger partial charge in [0.1, 0.15) is 6.04 Å². The number of piperidine rings is 1. The maximum absolute atomic E-state index is 12.0. The molecule has 1 saturated heterocycles. The van der Waals surface area contributed by atoms with Crippen molar-refractivity contribution in [1.82, 2.24) is 20.6 Å². The Morgan fingerprint density at radius 2 is 2.05 bits per heavy atom. The Morgan fingerprint density at radius 1 is 1.36 bits per heavy atom. The van der Waals surface area contributed by atoms with E-state index < -0.39 is 6.04 Å². The number of nitrogens with zero attached hydrogens (tertiary/aromatic N) is 2. The minimum Gasteiger partial charge on any atom is -0.354 e. The van der Waals surface area contributed by atoms with E-state index in [0.29, 0.717) is 25.8 Å². The molecular weight excluding hydrogens is 300 g/mol. The lowest BCUT2D eigenvalue weighted by Crippen LogP contribution is -2.50. The molecule has 1 aliphatic rings. The molecule has 1 aromatic heterocycles. The van der Waals surface area contributed by atoms with E-state index in [2.05, 4.69) is 20.6 Å². The topological polar surface area (TPSA) is 84.0 Å². The van der Waals surface area contributed by atoms with Gasteiger partial charge in [-0.15, -0.1) is 0 Å². The standard InChI is InChI=1S/C15H22N4O2S/c1-9-11(10(2)18-15(17-9)22-3)6-7-13(20)19-12-5-4-8-16-14(12)21/h12H,4-8H2,1-3H3,(H,16,21)(H,19,20). The first-order valence-corrected chi connectivity index (χ1v) is 8.69. The van der Waals surface area contributed by atoms with Gasteiger partial charge in [-0.1, -0.05) is 11.8 Å². The third-order valence-electron chi connectivity index (χ3n) is 3.81. The highest BCUT2D eigenvalue weighted by molar-refractivity contribution is 7.98. The van der Waals surface area contributed by atoms with Gasteiger partial charge in [0.25, 0.3) is 0 Å². The number of aryl methyl sites for hydroxylation is 2. The first kappa shape index (κ1) is 16.7. The van der Waals surface area contributed by atoms with Crippen molar-refractivity contribution in [2.45, 2.75) is 50.7 Å². The van der Waals surface area contributed by atoms with Crippen LogP contribution in [0, 0.1) is 13.8 Å². The fraction of sp³-hybridized carbons (Fsp3) is 0.600. The highest BCUT2D eigenvalue weighted by atomic mass is 32.2. The molecule has 1 aromatic rings. The monoisotopic (exact) mass is 322 g/mol. The van der Waals surface area contributed by atoms with Crippen molar-refractivity contribution in [2.75, 3.05) is 12.8 Å². The molecule has 6 nitrogen and oxygen atoms in total. The molecule has 2 heterocycles. The first-order chi connectivity index (χ1) is 10.5. The summed E-state index contributed by atoms with van der Waals surface area (Å²) in [6, 6.07) is -0.390. The summed E-state index contributed by atoms with van der Waals surface area (Å²) in [5.41, 5.74) is 2.85. The van der Waals surface area contributed by atoms with Crippen LogP contribution in [0.2, 0.25) is 0 Å². The Balaban J connectivity index is 1.92. The molecule has 1 aliphatic heterocycles. The highest BCUT2D eigenvalue weighted by Crippen LogP contribution is 2.17. The van der Waals surface area contributed by atoms with Gasteiger partial charge >= 0.3 is 0 Å². The number of rotatable bonds is 5. The van der Waals surface area contributed by atoms with Gasteiger partial charge in [-0.3, -0.25) is 9.59 Å². The molecule has 7 heteroatoms. The van der Waals surface area contributed by atoms with Crippen LogP contribution in [-0.4, -0.2) is 40.6 Å². The molecule has 0 aliphatic carbocycles. The number of hydrogen-bond donors (Lipinski definition) is 2. The minimum atomic E-state index is -0.390. The number of thioether (sulfide) groups is 1. The average molecular weight is 322 g/mol. The summed E-state index contributed by atoms with van der Waals surface area (Å²) in [6.07, 6.45) is 4.48. The van der Waals surface area contributed by atoms with Gasteiger partial charge in [0.15, 0.2) is 5.16 Å². The van der Waals surface area contributed by atoms with Gasteiger partial charge in [-0.05, 0) is 44.9 Å². The zero-order valence-electron chi connectivity index (χ0n) is 13.2. The van der Waals surface area contributed by atoms with E-state index in [1.165, 1.54) is 11.8 Å². The van der Waals surface area contributed by atoms with Crippen LogP contribution in [0.5, 0.6) is 0 Å². The van der Waals surface area contributed by atoms with Crippen LogP contribution in [-0.2, 0) is 16.0 Å². The molecule has 2 N–H and O–H groups in total. The molecular formula is C15H22N4O2S. The summed E-state index contributed by atoms with van der Waals surface area (Å²) in [5, 5.41) is 6.32. The van der Waals surface area contributed by atoms with E-state index in [0.717, 1.165) is 28.5 Å². The third kappa shape index (κ3) is 4.19. The van der Waals surface area contributed by atoms with Crippen LogP contribution >= 0.6 is 11.8 Å². The maximum Gasteiger partial charge on any atom is 0.242 e. The summed E-state index contributed by atoms with van der Waals surface area (Å²) >= 11 is 1.51. The fourth-order valence-electron chi connectivity index (χ4n) is 2.58. The van der Waals surface area contributed by atoms with Crippen LogP contribution in [0.3, 0.4) is 0 Å². The zero-order valence-corrected chi connectivity index (χ0v) is 14.0. The van der Waals surface area contributed by atoms with Crippen LogP contribution in [0.4, 0.5) is 0 Å². The molecule has 1 atom stereocenters. The van der Waals surface area contributed by atoms with Crippen molar-refractivity contribution in [3.63, 3.8) is 0 Å². The maximum atomic E-state index is 12.0. The molecule has 0 radical (unpaired) electrons. The lowest BCUT2D eigenvalue weighted by Gasteiger charge is -2.22. The van der Waals surface area contributed by atoms with E-state index in [9.17, 15) is 9.59 Å². The van der Waals surface area contributed by atoms with Crippen molar-refractivity contribution >= 4 is 23.6 Å².